The first-order valence-electron chi connectivity index (χ1n) is 7.28. The highest BCUT2D eigenvalue weighted by molar-refractivity contribution is 5.85. The van der Waals surface area contributed by atoms with E-state index in [2.05, 4.69) is 17.1 Å². The number of hydrogen-bond donors (Lipinski definition) is 1. The van der Waals surface area contributed by atoms with Crippen molar-refractivity contribution in [2.45, 2.75) is 13.2 Å². The first kappa shape index (κ1) is 20.0. The van der Waals surface area contributed by atoms with Gasteiger partial charge in [0.2, 0.25) is 0 Å². The zero-order valence-corrected chi connectivity index (χ0v) is 14.7. The van der Waals surface area contributed by atoms with Gasteiger partial charge in [0.15, 0.2) is 0 Å². The molecule has 126 valence electrons. The molecule has 0 amide bonds. The van der Waals surface area contributed by atoms with Gasteiger partial charge in [0.1, 0.15) is 12.4 Å². The van der Waals surface area contributed by atoms with Gasteiger partial charge >= 0.3 is 0 Å². The van der Waals surface area contributed by atoms with Gasteiger partial charge in [0.25, 0.3) is 0 Å². The lowest BCUT2D eigenvalue weighted by Gasteiger charge is -2.11. The molecule has 0 atom stereocenters. The molecule has 0 fully saturated rings. The fourth-order valence-corrected chi connectivity index (χ4v) is 2.29. The fraction of sp³-hybridized carbons (Fsp3) is 0.105. The lowest BCUT2D eigenvalue weighted by Crippen LogP contribution is -1.99. The normalized spacial score (nSPS) is 9.54. The van der Waals surface area contributed by atoms with E-state index in [1.165, 1.54) is 0 Å². The summed E-state index contributed by atoms with van der Waals surface area (Å²) in [6.45, 7) is 1.04. The summed E-state index contributed by atoms with van der Waals surface area (Å²) in [6, 6.07) is 22.0. The minimum Gasteiger partial charge on any atom is -0.488 e. The molecule has 0 saturated carbocycles. The highest BCUT2D eigenvalue weighted by Crippen LogP contribution is 2.29. The smallest absolute Gasteiger partial charge is 0.129 e. The maximum atomic E-state index is 5.98. The average Bonchev–Trinajstić information content (AvgIpc) is 2.61. The molecule has 0 bridgehead atoms. The SMILES string of the molecule is Cl.Cl.NCc1ccnc(-c2ccccc2OCc2ccccc2)c1. The van der Waals surface area contributed by atoms with Crippen molar-refractivity contribution in [2.75, 3.05) is 0 Å². The van der Waals surface area contributed by atoms with Crippen LogP contribution in [0.4, 0.5) is 0 Å². The summed E-state index contributed by atoms with van der Waals surface area (Å²) >= 11 is 0. The Kier molecular flexibility index (Phi) is 8.27. The number of benzene rings is 2. The van der Waals surface area contributed by atoms with Crippen LogP contribution in [0.1, 0.15) is 11.1 Å². The Labute approximate surface area is 154 Å². The molecule has 0 saturated heterocycles. The van der Waals surface area contributed by atoms with Crippen LogP contribution in [0.15, 0.2) is 72.9 Å². The fourth-order valence-electron chi connectivity index (χ4n) is 2.29. The second kappa shape index (κ2) is 9.93. The summed E-state index contributed by atoms with van der Waals surface area (Å²) in [5, 5.41) is 0. The maximum Gasteiger partial charge on any atom is 0.129 e. The van der Waals surface area contributed by atoms with E-state index in [1.807, 2.05) is 54.6 Å². The van der Waals surface area contributed by atoms with E-state index in [1.54, 1.807) is 6.20 Å². The van der Waals surface area contributed by atoms with Gasteiger partial charge in [-0.15, -0.1) is 24.8 Å². The number of nitrogens with zero attached hydrogens (tertiary/aromatic N) is 1. The third-order valence-corrected chi connectivity index (χ3v) is 3.46. The zero-order valence-electron chi connectivity index (χ0n) is 13.1. The molecule has 0 aliphatic rings. The molecule has 1 aromatic heterocycles. The van der Waals surface area contributed by atoms with Crippen molar-refractivity contribution < 1.29 is 4.74 Å². The monoisotopic (exact) mass is 362 g/mol. The van der Waals surface area contributed by atoms with Crippen LogP contribution in [0.5, 0.6) is 5.75 Å². The minimum absolute atomic E-state index is 0. The summed E-state index contributed by atoms with van der Waals surface area (Å²) in [5.41, 5.74) is 9.77. The first-order chi connectivity index (χ1) is 10.9. The highest BCUT2D eigenvalue weighted by Gasteiger charge is 2.08. The van der Waals surface area contributed by atoms with Gasteiger partial charge in [-0.05, 0) is 35.4 Å². The van der Waals surface area contributed by atoms with Crippen molar-refractivity contribution in [1.29, 1.82) is 0 Å². The molecule has 2 aromatic carbocycles. The van der Waals surface area contributed by atoms with Crippen LogP contribution in [0.3, 0.4) is 0 Å². The molecule has 0 spiro atoms. The first-order valence-corrected chi connectivity index (χ1v) is 7.28. The minimum atomic E-state index is 0. The molecule has 0 radical (unpaired) electrons. The van der Waals surface area contributed by atoms with E-state index in [4.69, 9.17) is 10.5 Å². The van der Waals surface area contributed by atoms with E-state index in [9.17, 15) is 0 Å². The van der Waals surface area contributed by atoms with Gasteiger partial charge < -0.3 is 10.5 Å². The molecule has 1 heterocycles. The maximum absolute atomic E-state index is 5.98. The van der Waals surface area contributed by atoms with Crippen LogP contribution in [0.2, 0.25) is 0 Å². The summed E-state index contributed by atoms with van der Waals surface area (Å²) in [4.78, 5) is 4.44. The third-order valence-electron chi connectivity index (χ3n) is 3.46. The lowest BCUT2D eigenvalue weighted by atomic mass is 10.1. The average molecular weight is 363 g/mol. The Morgan fingerprint density at radius 1 is 0.833 bits per heavy atom. The molecule has 0 aliphatic carbocycles. The Morgan fingerprint density at radius 3 is 2.29 bits per heavy atom. The Hall–Kier alpha value is -2.07. The number of ether oxygens (including phenoxy) is 1. The zero-order chi connectivity index (χ0) is 15.2. The largest absolute Gasteiger partial charge is 0.488 e. The van der Waals surface area contributed by atoms with Crippen LogP contribution in [0, 0.1) is 0 Å². The van der Waals surface area contributed by atoms with Gasteiger partial charge in [-0.1, -0.05) is 42.5 Å². The van der Waals surface area contributed by atoms with E-state index in [0.717, 1.165) is 28.1 Å². The number of aromatic nitrogens is 1. The van der Waals surface area contributed by atoms with Crippen LogP contribution in [0.25, 0.3) is 11.3 Å². The van der Waals surface area contributed by atoms with Crippen molar-refractivity contribution >= 4 is 24.8 Å². The van der Waals surface area contributed by atoms with Gasteiger partial charge in [0, 0.05) is 18.3 Å². The number of pyridine rings is 1. The van der Waals surface area contributed by atoms with Gasteiger partial charge in [-0.25, -0.2) is 0 Å². The van der Waals surface area contributed by atoms with Crippen molar-refractivity contribution in [3.05, 3.63) is 84.1 Å². The molecule has 3 rings (SSSR count). The standard InChI is InChI=1S/C19H18N2O.2ClH/c20-13-16-10-11-21-18(12-16)17-8-4-5-9-19(17)22-14-15-6-2-1-3-7-15;;/h1-12H,13-14,20H2;2*1H. The molecule has 5 heteroatoms. The molecule has 0 unspecified atom stereocenters. The summed E-state index contributed by atoms with van der Waals surface area (Å²) < 4.78 is 5.98. The molecule has 3 nitrogen and oxygen atoms in total. The van der Waals surface area contributed by atoms with Crippen LogP contribution in [-0.4, -0.2) is 4.98 Å². The van der Waals surface area contributed by atoms with Gasteiger partial charge in [-0.3, -0.25) is 4.98 Å². The van der Waals surface area contributed by atoms with Crippen molar-refractivity contribution in [2.24, 2.45) is 5.73 Å². The Bertz CT molecular complexity index is 751. The molecule has 3 aromatic rings. The predicted octanol–water partition coefficient (Wildman–Crippen LogP) is 4.63. The molecular formula is C19H20Cl2N2O. The number of para-hydroxylation sites is 1. The molecule has 24 heavy (non-hydrogen) atoms. The Balaban J connectivity index is 0.00000144. The van der Waals surface area contributed by atoms with Crippen molar-refractivity contribution in [3.8, 4) is 17.0 Å². The number of halogens is 2. The van der Waals surface area contributed by atoms with E-state index >= 15 is 0 Å². The third kappa shape index (κ3) is 4.96. The quantitative estimate of drug-likeness (QED) is 0.719. The Morgan fingerprint density at radius 2 is 1.54 bits per heavy atom. The molecular weight excluding hydrogens is 343 g/mol. The second-order valence-corrected chi connectivity index (χ2v) is 5.02. The number of nitrogens with two attached hydrogens (primary N) is 1. The topological polar surface area (TPSA) is 48.1 Å². The van der Waals surface area contributed by atoms with Crippen molar-refractivity contribution in [1.82, 2.24) is 4.98 Å². The highest BCUT2D eigenvalue weighted by atomic mass is 35.5. The summed E-state index contributed by atoms with van der Waals surface area (Å²) in [5.74, 6) is 0.827. The van der Waals surface area contributed by atoms with Crippen molar-refractivity contribution in [3.63, 3.8) is 0 Å². The number of hydrogen-bond acceptors (Lipinski definition) is 3. The van der Waals surface area contributed by atoms with E-state index in [-0.39, 0.29) is 24.8 Å². The van der Waals surface area contributed by atoms with Gasteiger partial charge in [-0.2, -0.15) is 0 Å². The lowest BCUT2D eigenvalue weighted by molar-refractivity contribution is 0.307. The van der Waals surface area contributed by atoms with Crippen LogP contribution >= 0.6 is 24.8 Å². The predicted molar refractivity (Wildman–Crippen MR) is 103 cm³/mol. The van der Waals surface area contributed by atoms with E-state index in [0.29, 0.717) is 13.2 Å². The molecule has 0 aliphatic heterocycles. The second-order valence-electron chi connectivity index (χ2n) is 5.02. The summed E-state index contributed by atoms with van der Waals surface area (Å²) in [6.07, 6.45) is 1.78. The van der Waals surface area contributed by atoms with Crippen LogP contribution in [-0.2, 0) is 13.2 Å². The summed E-state index contributed by atoms with van der Waals surface area (Å²) in [7, 11) is 0. The van der Waals surface area contributed by atoms with Crippen LogP contribution < -0.4 is 10.5 Å². The van der Waals surface area contributed by atoms with E-state index < -0.39 is 0 Å². The van der Waals surface area contributed by atoms with Gasteiger partial charge in [0.05, 0.1) is 5.69 Å². The number of rotatable bonds is 5. The molecule has 2 N–H and O–H groups in total.